The van der Waals surface area contributed by atoms with Crippen molar-refractivity contribution >= 4 is 27.9 Å². The van der Waals surface area contributed by atoms with Crippen molar-refractivity contribution in [1.82, 2.24) is 10.0 Å². The molecule has 0 aromatic heterocycles. The molecular formula is C8H18N2O2S2. The highest BCUT2D eigenvalue weighted by molar-refractivity contribution is 8.76. The molecule has 1 amide bonds. The molecule has 0 atom stereocenters. The molecule has 0 aromatic rings. The summed E-state index contributed by atoms with van der Waals surface area (Å²) in [7, 11) is 2.70. The second-order valence-corrected chi connectivity index (χ2v) is 4.99. The topological polar surface area (TPSA) is 61.4 Å². The van der Waals surface area contributed by atoms with Crippen molar-refractivity contribution in [3.05, 3.63) is 0 Å². The molecule has 0 heterocycles. The molecule has 0 aromatic carbocycles. The van der Waals surface area contributed by atoms with Gasteiger partial charge in [-0.25, -0.2) is 4.79 Å². The highest BCUT2D eigenvalue weighted by Crippen LogP contribution is 2.17. The Hall–Kier alpha value is -0.0700. The van der Waals surface area contributed by atoms with Crippen molar-refractivity contribution in [2.24, 2.45) is 0 Å². The third-order valence-corrected chi connectivity index (χ3v) is 3.41. The Morgan fingerprint density at radius 3 is 2.71 bits per heavy atom. The van der Waals surface area contributed by atoms with Crippen LogP contribution in [-0.2, 0) is 0 Å². The fraction of sp³-hybridized carbons (Fsp3) is 0.875. The van der Waals surface area contributed by atoms with Crippen molar-refractivity contribution in [2.75, 3.05) is 18.8 Å². The third kappa shape index (κ3) is 11.9. The molecule has 0 fully saturated rings. The molecule has 0 aliphatic carbocycles. The van der Waals surface area contributed by atoms with Gasteiger partial charge in [0.2, 0.25) is 0 Å². The first-order valence-corrected chi connectivity index (χ1v) is 7.07. The first-order chi connectivity index (χ1) is 6.77. The highest BCUT2D eigenvalue weighted by atomic mass is 33.1. The summed E-state index contributed by atoms with van der Waals surface area (Å²) in [6, 6.07) is 0. The maximum absolute atomic E-state index is 10.0. The van der Waals surface area contributed by atoms with E-state index in [0.717, 1.165) is 25.3 Å². The number of carboxylic acid groups (broad SMARTS) is 1. The lowest BCUT2D eigenvalue weighted by molar-refractivity contribution is 0.202. The molecule has 0 saturated carbocycles. The molecule has 0 aliphatic rings. The zero-order valence-electron chi connectivity index (χ0n) is 8.41. The Labute approximate surface area is 93.1 Å². The summed E-state index contributed by atoms with van der Waals surface area (Å²) in [4.78, 5) is 10.0. The molecule has 0 rings (SSSR count). The van der Waals surface area contributed by atoms with Crippen LogP contribution < -0.4 is 10.0 Å². The van der Waals surface area contributed by atoms with Gasteiger partial charge in [0.1, 0.15) is 0 Å². The van der Waals surface area contributed by atoms with Crippen LogP contribution in [0.4, 0.5) is 4.79 Å². The molecule has 3 N–H and O–H groups in total. The molecule has 0 aliphatic heterocycles. The maximum atomic E-state index is 10.0. The Bertz CT molecular complexity index is 147. The smallest absolute Gasteiger partial charge is 0.415 e. The maximum Gasteiger partial charge on any atom is 0.415 e. The molecule has 0 spiro atoms. The van der Waals surface area contributed by atoms with Crippen LogP contribution in [0, 0.1) is 0 Å². The summed E-state index contributed by atoms with van der Waals surface area (Å²) in [6.07, 6.45) is 2.54. The summed E-state index contributed by atoms with van der Waals surface area (Å²) in [5, 5.41) is 11.6. The number of amides is 1. The van der Waals surface area contributed by atoms with E-state index < -0.39 is 6.09 Å². The van der Waals surface area contributed by atoms with Crippen molar-refractivity contribution < 1.29 is 9.90 Å². The fourth-order valence-corrected chi connectivity index (χ4v) is 2.26. The zero-order chi connectivity index (χ0) is 10.6. The van der Waals surface area contributed by atoms with Crippen LogP contribution in [0.15, 0.2) is 0 Å². The van der Waals surface area contributed by atoms with E-state index in [4.69, 9.17) is 5.11 Å². The molecular weight excluding hydrogens is 220 g/mol. The van der Waals surface area contributed by atoms with Gasteiger partial charge in [0.25, 0.3) is 0 Å². The summed E-state index contributed by atoms with van der Waals surface area (Å²) < 4.78 is 2.23. The van der Waals surface area contributed by atoms with E-state index in [-0.39, 0.29) is 0 Å². The lowest BCUT2D eigenvalue weighted by Crippen LogP contribution is -2.17. The largest absolute Gasteiger partial charge is 0.464 e. The van der Waals surface area contributed by atoms with Crippen LogP contribution in [0.1, 0.15) is 26.2 Å². The van der Waals surface area contributed by atoms with E-state index in [1.807, 2.05) is 0 Å². The second-order valence-electron chi connectivity index (χ2n) is 2.77. The van der Waals surface area contributed by atoms with E-state index in [0.29, 0.717) is 0 Å². The summed E-state index contributed by atoms with van der Waals surface area (Å²) in [5.74, 6) is 0.962. The SMILES string of the molecule is CCCCNCCCSSNC(=O)O. The zero-order valence-corrected chi connectivity index (χ0v) is 10.0. The van der Waals surface area contributed by atoms with Gasteiger partial charge in [0.15, 0.2) is 0 Å². The average Bonchev–Trinajstić information content (AvgIpc) is 2.15. The Balaban J connectivity index is 2.88. The predicted molar refractivity (Wildman–Crippen MR) is 63.6 cm³/mol. The molecule has 0 radical (unpaired) electrons. The van der Waals surface area contributed by atoms with Crippen LogP contribution in [0.3, 0.4) is 0 Å². The number of hydrogen-bond donors (Lipinski definition) is 3. The van der Waals surface area contributed by atoms with Crippen molar-refractivity contribution in [3.63, 3.8) is 0 Å². The summed E-state index contributed by atoms with van der Waals surface area (Å²) in [6.45, 7) is 4.27. The van der Waals surface area contributed by atoms with Gasteiger partial charge < -0.3 is 10.4 Å². The number of nitrogens with one attached hydrogen (secondary N) is 2. The van der Waals surface area contributed by atoms with E-state index in [9.17, 15) is 4.79 Å². The highest BCUT2D eigenvalue weighted by Gasteiger charge is 1.94. The van der Waals surface area contributed by atoms with Gasteiger partial charge in [0.05, 0.1) is 0 Å². The lowest BCUT2D eigenvalue weighted by Gasteiger charge is -2.02. The predicted octanol–water partition coefficient (Wildman–Crippen LogP) is 2.33. The van der Waals surface area contributed by atoms with Gasteiger partial charge in [0, 0.05) is 16.7 Å². The minimum absolute atomic E-state index is 0.962. The molecule has 0 saturated heterocycles. The van der Waals surface area contributed by atoms with Crippen LogP contribution in [0.5, 0.6) is 0 Å². The van der Waals surface area contributed by atoms with Gasteiger partial charge in [-0.15, -0.1) is 0 Å². The molecule has 84 valence electrons. The van der Waals surface area contributed by atoms with Crippen LogP contribution in [-0.4, -0.2) is 30.0 Å². The van der Waals surface area contributed by atoms with Gasteiger partial charge in [-0.3, -0.25) is 4.72 Å². The molecule has 6 heteroatoms. The standard InChI is InChI=1S/C8H18N2O2S2/c1-2-3-5-9-6-4-7-13-14-10-8(11)12/h9-10H,2-7H2,1H3,(H,11,12). The van der Waals surface area contributed by atoms with Crippen LogP contribution in [0.2, 0.25) is 0 Å². The van der Waals surface area contributed by atoms with E-state index in [1.54, 1.807) is 0 Å². The minimum atomic E-state index is -0.983. The van der Waals surface area contributed by atoms with E-state index >= 15 is 0 Å². The fourth-order valence-electron chi connectivity index (χ4n) is 0.790. The summed E-state index contributed by atoms with van der Waals surface area (Å²) >= 11 is 0. The van der Waals surface area contributed by atoms with Gasteiger partial charge in [-0.05, 0) is 25.9 Å². The Morgan fingerprint density at radius 1 is 1.36 bits per heavy atom. The number of hydrogen-bond acceptors (Lipinski definition) is 4. The first-order valence-electron chi connectivity index (χ1n) is 4.75. The Kier molecular flexibility index (Phi) is 11.0. The van der Waals surface area contributed by atoms with Crippen molar-refractivity contribution in [1.29, 1.82) is 0 Å². The molecule has 4 nitrogen and oxygen atoms in total. The van der Waals surface area contributed by atoms with Crippen LogP contribution >= 0.6 is 21.8 Å². The van der Waals surface area contributed by atoms with E-state index in [2.05, 4.69) is 17.0 Å². The average molecular weight is 238 g/mol. The molecule has 14 heavy (non-hydrogen) atoms. The first kappa shape index (κ1) is 13.9. The van der Waals surface area contributed by atoms with Gasteiger partial charge in [-0.2, -0.15) is 0 Å². The second kappa shape index (κ2) is 11.0. The summed E-state index contributed by atoms with van der Waals surface area (Å²) in [5.41, 5.74) is 0. The number of unbranched alkanes of at least 4 members (excludes halogenated alkanes) is 1. The van der Waals surface area contributed by atoms with Gasteiger partial charge >= 0.3 is 6.09 Å². The van der Waals surface area contributed by atoms with Gasteiger partial charge in [-0.1, -0.05) is 24.1 Å². The number of rotatable bonds is 9. The van der Waals surface area contributed by atoms with Crippen molar-refractivity contribution in [2.45, 2.75) is 26.2 Å². The third-order valence-electron chi connectivity index (χ3n) is 1.48. The quantitative estimate of drug-likeness (QED) is 0.327. The van der Waals surface area contributed by atoms with Crippen LogP contribution in [0.25, 0.3) is 0 Å². The molecule has 0 bridgehead atoms. The lowest BCUT2D eigenvalue weighted by atomic mass is 10.3. The Morgan fingerprint density at radius 2 is 2.07 bits per heavy atom. The minimum Gasteiger partial charge on any atom is -0.464 e. The normalized spacial score (nSPS) is 10.1. The van der Waals surface area contributed by atoms with Crippen molar-refractivity contribution in [3.8, 4) is 0 Å². The molecule has 0 unspecified atom stereocenters. The van der Waals surface area contributed by atoms with E-state index in [1.165, 1.54) is 34.6 Å². The monoisotopic (exact) mass is 238 g/mol. The number of carbonyl (C=O) groups is 1.